The van der Waals surface area contributed by atoms with Gasteiger partial charge >= 0.3 is 0 Å². The normalized spacial score (nSPS) is 17.9. The molecule has 0 saturated carbocycles. The van der Waals surface area contributed by atoms with Crippen LogP contribution < -0.4 is 4.90 Å². The Morgan fingerprint density at radius 1 is 0.938 bits per heavy atom. The zero-order valence-electron chi connectivity index (χ0n) is 17.8. The highest BCUT2D eigenvalue weighted by atomic mass is 16.3. The summed E-state index contributed by atoms with van der Waals surface area (Å²) in [6, 6.07) is 21.9. The van der Waals surface area contributed by atoms with E-state index in [0.717, 1.165) is 27.6 Å². The van der Waals surface area contributed by atoms with E-state index in [9.17, 15) is 14.7 Å². The monoisotopic (exact) mass is 422 g/mol. The van der Waals surface area contributed by atoms with Gasteiger partial charge < -0.3 is 10.1 Å². The second-order valence-corrected chi connectivity index (χ2v) is 8.11. The van der Waals surface area contributed by atoms with E-state index in [-0.39, 0.29) is 11.3 Å². The van der Waals surface area contributed by atoms with Crippen molar-refractivity contribution in [2.75, 3.05) is 4.90 Å². The summed E-state index contributed by atoms with van der Waals surface area (Å²) in [5.41, 5.74) is 4.77. The van der Waals surface area contributed by atoms with Crippen molar-refractivity contribution >= 4 is 34.0 Å². The summed E-state index contributed by atoms with van der Waals surface area (Å²) in [5.74, 6) is -1.52. The molecule has 1 saturated heterocycles. The number of hydrogen-bond donors (Lipinski definition) is 2. The summed E-state index contributed by atoms with van der Waals surface area (Å²) in [6.07, 6.45) is 1.68. The molecule has 1 atom stereocenters. The van der Waals surface area contributed by atoms with Crippen molar-refractivity contribution in [2.45, 2.75) is 19.9 Å². The summed E-state index contributed by atoms with van der Waals surface area (Å²) in [7, 11) is 0. The van der Waals surface area contributed by atoms with Gasteiger partial charge in [-0.05, 0) is 48.7 Å². The first-order valence-electron chi connectivity index (χ1n) is 10.5. The molecule has 2 N–H and O–H groups in total. The molecule has 0 bridgehead atoms. The minimum absolute atomic E-state index is 0.0931. The Hall–Kier alpha value is -4.12. The summed E-state index contributed by atoms with van der Waals surface area (Å²) < 4.78 is 0. The van der Waals surface area contributed by atoms with Crippen molar-refractivity contribution in [3.8, 4) is 0 Å². The molecule has 3 aromatic carbocycles. The van der Waals surface area contributed by atoms with Crippen LogP contribution in [0.2, 0.25) is 0 Å². The number of anilines is 1. The highest BCUT2D eigenvalue weighted by Crippen LogP contribution is 2.43. The number of carbonyl (C=O) groups is 2. The van der Waals surface area contributed by atoms with Crippen molar-refractivity contribution < 1.29 is 14.7 Å². The molecule has 1 unspecified atom stereocenters. The maximum Gasteiger partial charge on any atom is 0.300 e. The van der Waals surface area contributed by atoms with Gasteiger partial charge in [-0.25, -0.2) is 0 Å². The topological polar surface area (TPSA) is 73.4 Å². The van der Waals surface area contributed by atoms with Gasteiger partial charge in [0, 0.05) is 28.4 Å². The molecule has 5 nitrogen and oxygen atoms in total. The number of ketones is 1. The van der Waals surface area contributed by atoms with E-state index in [2.05, 4.69) is 4.98 Å². The number of fused-ring (bicyclic) bond motifs is 1. The molecule has 4 aromatic rings. The molecule has 1 aliphatic heterocycles. The first kappa shape index (κ1) is 19.8. The smallest absolute Gasteiger partial charge is 0.300 e. The zero-order valence-corrected chi connectivity index (χ0v) is 17.8. The van der Waals surface area contributed by atoms with Crippen molar-refractivity contribution in [2.24, 2.45) is 0 Å². The van der Waals surface area contributed by atoms with Crippen LogP contribution in [0.5, 0.6) is 0 Å². The van der Waals surface area contributed by atoms with Gasteiger partial charge in [-0.15, -0.1) is 0 Å². The number of benzene rings is 3. The molecule has 0 spiro atoms. The van der Waals surface area contributed by atoms with E-state index in [1.165, 1.54) is 4.90 Å². The standard InChI is InChI=1S/C27H22N2O3/c1-16-8-7-10-18(14-16)29-24(19-11-4-3-9-17(19)2)23(26(31)27(29)32)25(30)21-15-28-22-13-6-5-12-20(21)22/h3-15,24,28,30H,1-2H3/b25-23+. The predicted molar refractivity (Wildman–Crippen MR) is 125 cm³/mol. The van der Waals surface area contributed by atoms with Gasteiger partial charge in [0.05, 0.1) is 11.6 Å². The van der Waals surface area contributed by atoms with E-state index in [1.54, 1.807) is 6.20 Å². The zero-order chi connectivity index (χ0) is 22.4. The maximum atomic E-state index is 13.3. The van der Waals surface area contributed by atoms with Gasteiger partial charge in [-0.1, -0.05) is 54.6 Å². The van der Waals surface area contributed by atoms with Gasteiger partial charge in [0.2, 0.25) is 0 Å². The third-order valence-corrected chi connectivity index (χ3v) is 6.05. The lowest BCUT2D eigenvalue weighted by Gasteiger charge is -2.26. The average molecular weight is 422 g/mol. The number of aryl methyl sites for hydroxylation is 2. The Morgan fingerprint density at radius 2 is 1.69 bits per heavy atom. The van der Waals surface area contributed by atoms with Gasteiger partial charge in [-0.3, -0.25) is 14.5 Å². The lowest BCUT2D eigenvalue weighted by atomic mass is 9.92. The van der Waals surface area contributed by atoms with Crippen LogP contribution in [0.4, 0.5) is 5.69 Å². The third kappa shape index (κ3) is 3.02. The second kappa shape index (κ2) is 7.54. The second-order valence-electron chi connectivity index (χ2n) is 8.11. The van der Waals surface area contributed by atoms with Crippen LogP contribution in [0.15, 0.2) is 84.6 Å². The number of aromatic amines is 1. The Kier molecular flexibility index (Phi) is 4.67. The Morgan fingerprint density at radius 3 is 2.47 bits per heavy atom. The van der Waals surface area contributed by atoms with Crippen molar-refractivity contribution in [1.82, 2.24) is 4.98 Å². The molecular formula is C27H22N2O3. The molecule has 5 rings (SSSR count). The van der Waals surface area contributed by atoms with E-state index < -0.39 is 17.7 Å². The van der Waals surface area contributed by atoms with Crippen LogP contribution in [-0.4, -0.2) is 21.8 Å². The molecule has 1 amide bonds. The average Bonchev–Trinajstić information content (AvgIpc) is 3.33. The number of Topliss-reactive ketones (excluding diaryl/α,β-unsaturated/α-hetero) is 1. The van der Waals surface area contributed by atoms with Crippen LogP contribution >= 0.6 is 0 Å². The fourth-order valence-corrected chi connectivity index (χ4v) is 4.48. The van der Waals surface area contributed by atoms with Crippen molar-refractivity contribution in [1.29, 1.82) is 0 Å². The van der Waals surface area contributed by atoms with E-state index in [0.29, 0.717) is 11.3 Å². The van der Waals surface area contributed by atoms with E-state index in [4.69, 9.17) is 0 Å². The van der Waals surface area contributed by atoms with Crippen LogP contribution in [-0.2, 0) is 9.59 Å². The van der Waals surface area contributed by atoms with E-state index in [1.807, 2.05) is 86.6 Å². The number of hydrogen-bond acceptors (Lipinski definition) is 3. The van der Waals surface area contributed by atoms with Gasteiger partial charge in [0.25, 0.3) is 11.7 Å². The molecule has 1 aliphatic rings. The lowest BCUT2D eigenvalue weighted by molar-refractivity contribution is -0.132. The fraction of sp³-hybridized carbons (Fsp3) is 0.111. The molecule has 32 heavy (non-hydrogen) atoms. The number of carbonyl (C=O) groups excluding carboxylic acids is 2. The number of amides is 1. The number of aliphatic hydroxyl groups excluding tert-OH is 1. The summed E-state index contributed by atoms with van der Waals surface area (Å²) in [4.78, 5) is 31.2. The number of H-pyrrole nitrogens is 1. The maximum absolute atomic E-state index is 13.3. The predicted octanol–water partition coefficient (Wildman–Crippen LogP) is 5.41. The number of rotatable bonds is 3. The van der Waals surface area contributed by atoms with E-state index >= 15 is 0 Å². The van der Waals surface area contributed by atoms with Gasteiger partial charge in [0.1, 0.15) is 5.76 Å². The summed E-state index contributed by atoms with van der Waals surface area (Å²) in [6.45, 7) is 3.88. The van der Waals surface area contributed by atoms with Crippen LogP contribution in [0.25, 0.3) is 16.7 Å². The van der Waals surface area contributed by atoms with Gasteiger partial charge in [-0.2, -0.15) is 0 Å². The minimum Gasteiger partial charge on any atom is -0.507 e. The lowest BCUT2D eigenvalue weighted by Crippen LogP contribution is -2.29. The molecule has 1 aromatic heterocycles. The first-order valence-corrected chi connectivity index (χ1v) is 10.5. The number of nitrogens with one attached hydrogen (secondary N) is 1. The summed E-state index contributed by atoms with van der Waals surface area (Å²) >= 11 is 0. The van der Waals surface area contributed by atoms with Crippen LogP contribution in [0.1, 0.15) is 28.3 Å². The summed E-state index contributed by atoms with van der Waals surface area (Å²) in [5, 5.41) is 12.2. The number of para-hydroxylation sites is 1. The van der Waals surface area contributed by atoms with Crippen molar-refractivity contribution in [3.63, 3.8) is 0 Å². The molecule has 158 valence electrons. The quantitative estimate of drug-likeness (QED) is 0.263. The fourth-order valence-electron chi connectivity index (χ4n) is 4.48. The largest absolute Gasteiger partial charge is 0.507 e. The number of aromatic nitrogens is 1. The highest BCUT2D eigenvalue weighted by molar-refractivity contribution is 6.51. The van der Waals surface area contributed by atoms with Crippen LogP contribution in [0.3, 0.4) is 0 Å². The SMILES string of the molecule is Cc1cccc(N2C(=O)C(=O)/C(=C(/O)c3c[nH]c4ccccc34)C2c2ccccc2C)c1. The van der Waals surface area contributed by atoms with Crippen LogP contribution in [0, 0.1) is 13.8 Å². The number of nitrogens with zero attached hydrogens (tertiary/aromatic N) is 1. The Balaban J connectivity index is 1.79. The highest BCUT2D eigenvalue weighted by Gasteiger charge is 2.47. The minimum atomic E-state index is -0.730. The molecular weight excluding hydrogens is 400 g/mol. The molecule has 2 heterocycles. The molecule has 0 aliphatic carbocycles. The Bertz CT molecular complexity index is 1410. The Labute approximate surface area is 185 Å². The number of aliphatic hydroxyl groups is 1. The molecule has 0 radical (unpaired) electrons. The van der Waals surface area contributed by atoms with Crippen molar-refractivity contribution in [3.05, 3.63) is 107 Å². The van der Waals surface area contributed by atoms with Gasteiger partial charge in [0.15, 0.2) is 0 Å². The third-order valence-electron chi connectivity index (χ3n) is 6.05. The molecule has 5 heteroatoms. The first-order chi connectivity index (χ1) is 15.5. The molecule has 1 fully saturated rings.